The number of hydrogen-bond donors (Lipinski definition) is 0. The standard InChI is InChI=1S/C14H20ClF2N3O/c1-14(2,3)20-6-4-19(5-7-20)11-8-10(15)9-18-12(11)21-13(16)17/h8-9,13H,4-7H2,1-3H3. The van der Waals surface area contributed by atoms with Crippen LogP contribution < -0.4 is 9.64 Å². The van der Waals surface area contributed by atoms with Crippen molar-refractivity contribution in [3.05, 3.63) is 17.3 Å². The number of rotatable bonds is 3. The summed E-state index contributed by atoms with van der Waals surface area (Å²) in [5.41, 5.74) is 0.623. The molecule has 0 radical (unpaired) electrons. The summed E-state index contributed by atoms with van der Waals surface area (Å²) in [6, 6.07) is 1.62. The van der Waals surface area contributed by atoms with Gasteiger partial charge in [-0.15, -0.1) is 0 Å². The lowest BCUT2D eigenvalue weighted by Gasteiger charge is -2.43. The van der Waals surface area contributed by atoms with Crippen molar-refractivity contribution in [3.8, 4) is 5.88 Å². The average molecular weight is 320 g/mol. The molecule has 1 aliphatic rings. The van der Waals surface area contributed by atoms with Gasteiger partial charge in [0.2, 0.25) is 5.88 Å². The second-order valence-corrected chi connectivity index (χ2v) is 6.44. The highest BCUT2D eigenvalue weighted by atomic mass is 35.5. The zero-order valence-corrected chi connectivity index (χ0v) is 13.2. The van der Waals surface area contributed by atoms with Crippen LogP contribution in [0.2, 0.25) is 5.02 Å². The summed E-state index contributed by atoms with van der Waals surface area (Å²) in [5, 5.41) is 0.407. The van der Waals surface area contributed by atoms with E-state index in [1.165, 1.54) is 6.20 Å². The quantitative estimate of drug-likeness (QED) is 0.855. The summed E-state index contributed by atoms with van der Waals surface area (Å²) in [4.78, 5) is 8.21. The maximum atomic E-state index is 12.5. The van der Waals surface area contributed by atoms with Crippen LogP contribution >= 0.6 is 11.6 Å². The zero-order valence-electron chi connectivity index (χ0n) is 12.4. The van der Waals surface area contributed by atoms with Crippen molar-refractivity contribution >= 4 is 17.3 Å². The Morgan fingerprint density at radius 1 is 1.24 bits per heavy atom. The molecule has 0 N–H and O–H groups in total. The van der Waals surface area contributed by atoms with E-state index < -0.39 is 6.61 Å². The highest BCUT2D eigenvalue weighted by Crippen LogP contribution is 2.31. The van der Waals surface area contributed by atoms with Crippen LogP contribution in [0.4, 0.5) is 14.5 Å². The number of ether oxygens (including phenoxy) is 1. The first kappa shape index (κ1) is 16.2. The first-order chi connectivity index (χ1) is 9.77. The number of aromatic nitrogens is 1. The Bertz CT molecular complexity index is 486. The van der Waals surface area contributed by atoms with Crippen molar-refractivity contribution in [2.45, 2.75) is 32.9 Å². The van der Waals surface area contributed by atoms with Crippen LogP contribution in [0.15, 0.2) is 12.3 Å². The van der Waals surface area contributed by atoms with Crippen LogP contribution in [-0.4, -0.2) is 48.2 Å². The fourth-order valence-electron chi connectivity index (χ4n) is 2.44. The molecular formula is C14H20ClF2N3O. The maximum Gasteiger partial charge on any atom is 0.388 e. The van der Waals surface area contributed by atoms with Crippen molar-refractivity contribution in [2.24, 2.45) is 0 Å². The van der Waals surface area contributed by atoms with E-state index in [2.05, 4.69) is 35.4 Å². The lowest BCUT2D eigenvalue weighted by Crippen LogP contribution is -2.53. The summed E-state index contributed by atoms with van der Waals surface area (Å²) in [5.74, 6) is -0.0707. The molecule has 0 bridgehead atoms. The van der Waals surface area contributed by atoms with E-state index in [1.54, 1.807) is 6.07 Å². The smallest absolute Gasteiger partial charge is 0.388 e. The van der Waals surface area contributed by atoms with Gasteiger partial charge in [0, 0.05) is 37.9 Å². The molecule has 0 spiro atoms. The molecule has 1 aromatic rings. The molecule has 2 rings (SSSR count). The van der Waals surface area contributed by atoms with Gasteiger partial charge in [-0.25, -0.2) is 4.98 Å². The maximum absolute atomic E-state index is 12.5. The van der Waals surface area contributed by atoms with Crippen molar-refractivity contribution in [2.75, 3.05) is 31.1 Å². The van der Waals surface area contributed by atoms with Gasteiger partial charge in [-0.2, -0.15) is 8.78 Å². The van der Waals surface area contributed by atoms with Crippen molar-refractivity contribution in [1.29, 1.82) is 0 Å². The largest absolute Gasteiger partial charge is 0.415 e. The summed E-state index contributed by atoms with van der Waals surface area (Å²) >= 11 is 5.93. The molecule has 0 aliphatic carbocycles. The highest BCUT2D eigenvalue weighted by Gasteiger charge is 2.27. The second kappa shape index (κ2) is 6.32. The molecule has 0 saturated carbocycles. The first-order valence-corrected chi connectivity index (χ1v) is 7.25. The molecule has 0 unspecified atom stereocenters. The Morgan fingerprint density at radius 3 is 2.38 bits per heavy atom. The Kier molecular flexibility index (Phi) is 4.88. The van der Waals surface area contributed by atoms with Gasteiger partial charge in [0.25, 0.3) is 0 Å². The minimum absolute atomic E-state index is 0.0707. The van der Waals surface area contributed by atoms with Crippen LogP contribution in [0.1, 0.15) is 20.8 Å². The molecule has 0 amide bonds. The first-order valence-electron chi connectivity index (χ1n) is 6.88. The highest BCUT2D eigenvalue weighted by molar-refractivity contribution is 6.30. The van der Waals surface area contributed by atoms with Gasteiger partial charge in [-0.3, -0.25) is 4.90 Å². The lowest BCUT2D eigenvalue weighted by molar-refractivity contribution is -0.0525. The zero-order chi connectivity index (χ0) is 15.6. The second-order valence-electron chi connectivity index (χ2n) is 6.00. The van der Waals surface area contributed by atoms with Crippen molar-refractivity contribution in [1.82, 2.24) is 9.88 Å². The summed E-state index contributed by atoms with van der Waals surface area (Å²) in [6.45, 7) is 6.73. The van der Waals surface area contributed by atoms with Crippen LogP contribution in [0, 0.1) is 0 Å². The van der Waals surface area contributed by atoms with E-state index >= 15 is 0 Å². The van der Waals surface area contributed by atoms with E-state index in [9.17, 15) is 8.78 Å². The molecule has 4 nitrogen and oxygen atoms in total. The van der Waals surface area contributed by atoms with E-state index in [4.69, 9.17) is 11.6 Å². The van der Waals surface area contributed by atoms with E-state index in [-0.39, 0.29) is 11.4 Å². The van der Waals surface area contributed by atoms with E-state index in [0.717, 1.165) is 26.2 Å². The Hall–Kier alpha value is -1.14. The Balaban J connectivity index is 2.14. The van der Waals surface area contributed by atoms with E-state index in [0.29, 0.717) is 10.7 Å². The molecule has 118 valence electrons. The number of hydrogen-bond acceptors (Lipinski definition) is 4. The predicted octanol–water partition coefficient (Wildman–Crippen LogP) is 3.26. The third-order valence-electron chi connectivity index (χ3n) is 3.57. The predicted molar refractivity (Wildman–Crippen MR) is 79.4 cm³/mol. The molecule has 2 heterocycles. The number of piperazine rings is 1. The van der Waals surface area contributed by atoms with Gasteiger partial charge >= 0.3 is 6.61 Å². The lowest BCUT2D eigenvalue weighted by atomic mass is 10.0. The van der Waals surface area contributed by atoms with E-state index in [1.807, 2.05) is 4.90 Å². The molecule has 21 heavy (non-hydrogen) atoms. The van der Waals surface area contributed by atoms with Crippen LogP contribution in [-0.2, 0) is 0 Å². The van der Waals surface area contributed by atoms with Crippen LogP contribution in [0.3, 0.4) is 0 Å². The summed E-state index contributed by atoms with van der Waals surface area (Å²) in [6.07, 6.45) is 1.31. The molecule has 1 aliphatic heterocycles. The third-order valence-corrected chi connectivity index (χ3v) is 3.78. The van der Waals surface area contributed by atoms with Gasteiger partial charge in [-0.1, -0.05) is 11.6 Å². The molecule has 1 saturated heterocycles. The SMILES string of the molecule is CC(C)(C)N1CCN(c2cc(Cl)cnc2OC(F)F)CC1. The number of nitrogens with zero attached hydrogens (tertiary/aromatic N) is 3. The Labute approximate surface area is 128 Å². The summed E-state index contributed by atoms with van der Waals surface area (Å²) < 4.78 is 29.4. The third kappa shape index (κ3) is 4.17. The number of halogens is 3. The minimum Gasteiger partial charge on any atom is -0.415 e. The average Bonchev–Trinajstić information content (AvgIpc) is 2.39. The van der Waals surface area contributed by atoms with Crippen molar-refractivity contribution in [3.63, 3.8) is 0 Å². The topological polar surface area (TPSA) is 28.6 Å². The fourth-order valence-corrected chi connectivity index (χ4v) is 2.59. The monoisotopic (exact) mass is 319 g/mol. The van der Waals surface area contributed by atoms with Gasteiger partial charge < -0.3 is 9.64 Å². The van der Waals surface area contributed by atoms with Gasteiger partial charge in [0.05, 0.1) is 5.02 Å². The number of alkyl halides is 2. The Morgan fingerprint density at radius 2 is 1.86 bits per heavy atom. The molecule has 7 heteroatoms. The minimum atomic E-state index is -2.90. The van der Waals surface area contributed by atoms with Gasteiger partial charge in [0.1, 0.15) is 5.69 Å². The number of anilines is 1. The molecule has 0 atom stereocenters. The molecular weight excluding hydrogens is 300 g/mol. The number of pyridine rings is 1. The van der Waals surface area contributed by atoms with Gasteiger partial charge in [-0.05, 0) is 26.8 Å². The summed E-state index contributed by atoms with van der Waals surface area (Å²) in [7, 11) is 0. The van der Waals surface area contributed by atoms with Crippen molar-refractivity contribution < 1.29 is 13.5 Å². The van der Waals surface area contributed by atoms with Gasteiger partial charge in [0.15, 0.2) is 0 Å². The molecule has 1 aromatic heterocycles. The van der Waals surface area contributed by atoms with Crippen LogP contribution in [0.5, 0.6) is 5.88 Å². The molecule has 0 aromatic carbocycles. The molecule has 1 fully saturated rings. The van der Waals surface area contributed by atoms with Crippen LogP contribution in [0.25, 0.3) is 0 Å². The normalized spacial score (nSPS) is 17.4. The fraction of sp³-hybridized carbons (Fsp3) is 0.643.